The Kier molecular flexibility index (Phi) is 3.87. The van der Waals surface area contributed by atoms with E-state index in [-0.39, 0.29) is 0 Å². The van der Waals surface area contributed by atoms with Crippen molar-refractivity contribution in [1.82, 2.24) is 0 Å². The van der Waals surface area contributed by atoms with Gasteiger partial charge in [-0.1, -0.05) is 24.9 Å². The topological polar surface area (TPSA) is 26.3 Å². The summed E-state index contributed by atoms with van der Waals surface area (Å²) in [5.41, 5.74) is 1.87. The van der Waals surface area contributed by atoms with Crippen molar-refractivity contribution in [2.75, 3.05) is 0 Å². The van der Waals surface area contributed by atoms with Gasteiger partial charge in [-0.05, 0) is 47.9 Å². The monoisotopic (exact) mass is 290 g/mol. The van der Waals surface area contributed by atoms with Crippen LogP contribution < -0.4 is 4.52 Å². The van der Waals surface area contributed by atoms with Crippen LogP contribution in [0.5, 0.6) is 5.75 Å². The molecule has 1 aliphatic rings. The molecule has 92 valence electrons. The van der Waals surface area contributed by atoms with Gasteiger partial charge >= 0.3 is 6.72 Å². The van der Waals surface area contributed by atoms with Gasteiger partial charge in [0.15, 0.2) is 0 Å². The minimum absolute atomic E-state index is 0.557. The molecule has 0 saturated heterocycles. The molecule has 17 heavy (non-hydrogen) atoms. The third kappa shape index (κ3) is 3.07. The van der Waals surface area contributed by atoms with Crippen molar-refractivity contribution in [3.8, 4) is 5.75 Å². The highest BCUT2D eigenvalue weighted by Gasteiger charge is 2.27. The Labute approximate surface area is 111 Å². The summed E-state index contributed by atoms with van der Waals surface area (Å²) in [6.07, 6.45) is 2.93. The van der Waals surface area contributed by atoms with Gasteiger partial charge in [0.2, 0.25) is 0 Å². The zero-order chi connectivity index (χ0) is 12.5. The summed E-state index contributed by atoms with van der Waals surface area (Å²) >= 11 is 11.8. The second-order valence-electron chi connectivity index (χ2n) is 4.01. The third-order valence-electron chi connectivity index (χ3n) is 2.62. The fraction of sp³-hybridized carbons (Fsp3) is 0.333. The predicted molar refractivity (Wildman–Crippen MR) is 73.0 cm³/mol. The molecule has 0 bridgehead atoms. The maximum Gasteiger partial charge on any atom is 0.359 e. The molecule has 0 spiro atoms. The highest BCUT2D eigenvalue weighted by Crippen LogP contribution is 2.60. The molecule has 5 heteroatoms. The SMILES string of the molecule is CCCCC1=C[P@@](=O)(Cl)Oc2ccc(Cl)cc21. The highest BCUT2D eigenvalue weighted by atomic mass is 35.7. The van der Waals surface area contributed by atoms with Gasteiger partial charge in [0.1, 0.15) is 5.75 Å². The Morgan fingerprint density at radius 3 is 2.88 bits per heavy atom. The van der Waals surface area contributed by atoms with E-state index >= 15 is 0 Å². The molecule has 1 aromatic rings. The number of hydrogen-bond acceptors (Lipinski definition) is 2. The van der Waals surface area contributed by atoms with Gasteiger partial charge in [0.25, 0.3) is 0 Å². The summed E-state index contributed by atoms with van der Waals surface area (Å²) in [5, 5.41) is 0.640. The Hall–Kier alpha value is -0.430. The maximum absolute atomic E-state index is 11.9. The van der Waals surface area contributed by atoms with Crippen LogP contribution in [0.3, 0.4) is 0 Å². The van der Waals surface area contributed by atoms with Crippen molar-refractivity contribution in [2.24, 2.45) is 0 Å². The number of halogens is 2. The average Bonchev–Trinajstić information content (AvgIpc) is 2.26. The molecule has 0 N–H and O–H groups in total. The smallest absolute Gasteiger partial charge is 0.359 e. The van der Waals surface area contributed by atoms with E-state index in [1.807, 2.05) is 6.07 Å². The minimum atomic E-state index is -3.16. The molecular formula is C12H13Cl2O2P. The summed E-state index contributed by atoms with van der Waals surface area (Å²) in [4.78, 5) is 0. The second-order valence-corrected chi connectivity index (χ2v) is 7.34. The van der Waals surface area contributed by atoms with Crippen molar-refractivity contribution in [3.05, 3.63) is 34.6 Å². The van der Waals surface area contributed by atoms with Crippen LogP contribution in [0, 0.1) is 0 Å². The molecule has 2 rings (SSSR count). The molecule has 2 nitrogen and oxygen atoms in total. The summed E-state index contributed by atoms with van der Waals surface area (Å²) in [7, 11) is 0. The van der Waals surface area contributed by atoms with Gasteiger partial charge in [-0.15, -0.1) is 0 Å². The Morgan fingerprint density at radius 2 is 2.18 bits per heavy atom. The van der Waals surface area contributed by atoms with Crippen molar-refractivity contribution in [2.45, 2.75) is 26.2 Å². The number of fused-ring (bicyclic) bond motifs is 1. The number of unbranched alkanes of at least 4 members (excludes halogenated alkanes) is 1. The lowest BCUT2D eigenvalue weighted by Gasteiger charge is -2.21. The normalized spacial score (nSPS) is 22.6. The first-order valence-corrected chi connectivity index (χ1v) is 8.50. The third-order valence-corrected chi connectivity index (χ3v) is 4.42. The van der Waals surface area contributed by atoms with E-state index < -0.39 is 6.72 Å². The molecule has 0 radical (unpaired) electrons. The fourth-order valence-electron chi connectivity index (χ4n) is 1.82. The largest absolute Gasteiger partial charge is 0.429 e. The van der Waals surface area contributed by atoms with Crippen molar-refractivity contribution in [1.29, 1.82) is 0 Å². The molecule has 0 aromatic heterocycles. The molecule has 1 heterocycles. The van der Waals surface area contributed by atoms with E-state index in [0.29, 0.717) is 10.8 Å². The molecule has 1 aliphatic heterocycles. The molecule has 0 unspecified atom stereocenters. The lowest BCUT2D eigenvalue weighted by Crippen LogP contribution is -1.98. The summed E-state index contributed by atoms with van der Waals surface area (Å²) < 4.78 is 17.2. The molecule has 1 atom stereocenters. The Balaban J connectivity index is 2.44. The van der Waals surface area contributed by atoms with Crippen LogP contribution in [0.15, 0.2) is 24.0 Å². The Bertz CT molecular complexity index is 511. The van der Waals surface area contributed by atoms with Crippen LogP contribution in [0.1, 0.15) is 31.7 Å². The van der Waals surface area contributed by atoms with E-state index in [1.54, 1.807) is 17.9 Å². The summed E-state index contributed by atoms with van der Waals surface area (Å²) in [6.45, 7) is -1.05. The lowest BCUT2D eigenvalue weighted by molar-refractivity contribution is 0.504. The Morgan fingerprint density at radius 1 is 1.41 bits per heavy atom. The van der Waals surface area contributed by atoms with E-state index in [1.165, 1.54) is 0 Å². The summed E-state index contributed by atoms with van der Waals surface area (Å²) in [5.74, 6) is 2.10. The van der Waals surface area contributed by atoms with Crippen molar-refractivity contribution >= 4 is 35.1 Å². The molecule has 1 aromatic carbocycles. The predicted octanol–water partition coefficient (Wildman–Crippen LogP) is 5.70. The number of rotatable bonds is 3. The zero-order valence-electron chi connectivity index (χ0n) is 9.45. The molecule has 0 aliphatic carbocycles. The minimum Gasteiger partial charge on any atom is -0.429 e. The number of allylic oxidation sites excluding steroid dienone is 1. The quantitative estimate of drug-likeness (QED) is 0.668. The number of benzene rings is 1. The van der Waals surface area contributed by atoms with Crippen LogP contribution in [0.2, 0.25) is 5.02 Å². The van der Waals surface area contributed by atoms with Crippen LogP contribution in [0.4, 0.5) is 0 Å². The van der Waals surface area contributed by atoms with Crippen LogP contribution in [-0.4, -0.2) is 0 Å². The van der Waals surface area contributed by atoms with E-state index in [0.717, 1.165) is 30.4 Å². The molecular weight excluding hydrogens is 278 g/mol. The first-order valence-electron chi connectivity index (χ1n) is 5.52. The van der Waals surface area contributed by atoms with E-state index in [4.69, 9.17) is 27.4 Å². The first kappa shape index (κ1) is 13.0. The summed E-state index contributed by atoms with van der Waals surface area (Å²) in [6, 6.07) is 5.25. The van der Waals surface area contributed by atoms with E-state index in [9.17, 15) is 4.57 Å². The molecule has 0 fully saturated rings. The maximum atomic E-state index is 11.9. The van der Waals surface area contributed by atoms with Gasteiger partial charge in [-0.2, -0.15) is 0 Å². The van der Waals surface area contributed by atoms with Crippen molar-refractivity contribution in [3.63, 3.8) is 0 Å². The van der Waals surface area contributed by atoms with E-state index in [2.05, 4.69) is 6.92 Å². The average molecular weight is 291 g/mol. The molecule has 0 amide bonds. The second kappa shape index (κ2) is 5.06. The van der Waals surface area contributed by atoms with Gasteiger partial charge < -0.3 is 4.52 Å². The standard InChI is InChI=1S/C12H13Cl2O2P/c1-2-3-4-9-8-17(14,15)16-12-6-5-10(13)7-11(9)12/h5-8H,2-4H2,1H3/t17-/m0/s1. The lowest BCUT2D eigenvalue weighted by atomic mass is 10.0. The first-order chi connectivity index (χ1) is 8.02. The van der Waals surface area contributed by atoms with Crippen LogP contribution >= 0.6 is 29.6 Å². The van der Waals surface area contributed by atoms with Gasteiger partial charge in [0.05, 0.1) is 0 Å². The van der Waals surface area contributed by atoms with Crippen LogP contribution in [-0.2, 0) is 4.57 Å². The zero-order valence-corrected chi connectivity index (χ0v) is 11.9. The van der Waals surface area contributed by atoms with Crippen molar-refractivity contribution < 1.29 is 9.09 Å². The molecule has 0 saturated carbocycles. The van der Waals surface area contributed by atoms with Gasteiger partial charge in [-0.3, -0.25) is 4.57 Å². The fourth-order valence-corrected chi connectivity index (χ4v) is 3.68. The van der Waals surface area contributed by atoms with Gasteiger partial charge in [0, 0.05) is 16.4 Å². The van der Waals surface area contributed by atoms with Gasteiger partial charge in [-0.25, -0.2) is 0 Å². The van der Waals surface area contributed by atoms with Crippen LogP contribution in [0.25, 0.3) is 5.57 Å². The highest BCUT2D eigenvalue weighted by molar-refractivity contribution is 7.88. The number of hydrogen-bond donors (Lipinski definition) is 0.